The summed E-state index contributed by atoms with van der Waals surface area (Å²) in [5.74, 6) is 1.20. The minimum Gasteiger partial charge on any atom is -0.490 e. The van der Waals surface area contributed by atoms with Gasteiger partial charge in [0, 0.05) is 0 Å². The molecule has 0 unspecified atom stereocenters. The van der Waals surface area contributed by atoms with Gasteiger partial charge < -0.3 is 9.47 Å². The second-order valence-electron chi connectivity index (χ2n) is 5.14. The van der Waals surface area contributed by atoms with Crippen molar-refractivity contribution in [1.29, 1.82) is 0 Å². The van der Waals surface area contributed by atoms with Gasteiger partial charge in [0.15, 0.2) is 11.5 Å². The van der Waals surface area contributed by atoms with Gasteiger partial charge in [0.05, 0.1) is 35.2 Å². The first-order valence-electron chi connectivity index (χ1n) is 7.90. The third-order valence-corrected chi connectivity index (χ3v) is 3.83. The number of hydrazone groups is 1. The Balaban J connectivity index is 2.12. The number of anilines is 1. The number of nitrogens with zero attached hydrogens (tertiary/aromatic N) is 1. The quantitative estimate of drug-likeness (QED) is 0.451. The number of halogens is 4. The van der Waals surface area contributed by atoms with Crippen molar-refractivity contribution in [3.8, 4) is 11.5 Å². The first-order valence-corrected chi connectivity index (χ1v) is 8.70. The minimum absolute atomic E-state index is 0.448. The number of benzene rings is 2. The summed E-state index contributed by atoms with van der Waals surface area (Å²) in [5.41, 5.74) is 3.18. The lowest BCUT2D eigenvalue weighted by Crippen LogP contribution is -2.04. The molecular weight excluding hydrogens is 413 g/mol. The zero-order valence-corrected chi connectivity index (χ0v) is 15.8. The van der Waals surface area contributed by atoms with Gasteiger partial charge >= 0.3 is 6.18 Å². The molecule has 8 heteroatoms. The molecule has 2 rings (SSSR count). The zero-order valence-electron chi connectivity index (χ0n) is 14.2. The first-order chi connectivity index (χ1) is 12.3. The number of alkyl halides is 3. The molecule has 4 nitrogen and oxygen atoms in total. The van der Waals surface area contributed by atoms with Gasteiger partial charge in [0.25, 0.3) is 0 Å². The smallest absolute Gasteiger partial charge is 0.416 e. The second-order valence-corrected chi connectivity index (χ2v) is 6.00. The van der Waals surface area contributed by atoms with Crippen LogP contribution in [0.25, 0.3) is 0 Å². The summed E-state index contributed by atoms with van der Waals surface area (Å²) in [4.78, 5) is 0. The largest absolute Gasteiger partial charge is 0.490 e. The Morgan fingerprint density at radius 2 is 1.73 bits per heavy atom. The molecule has 0 saturated carbocycles. The highest BCUT2D eigenvalue weighted by atomic mass is 79.9. The van der Waals surface area contributed by atoms with Crippen LogP contribution in [0.1, 0.15) is 25.0 Å². The highest BCUT2D eigenvalue weighted by Gasteiger charge is 2.29. The van der Waals surface area contributed by atoms with Gasteiger partial charge in [-0.05, 0) is 71.7 Å². The summed E-state index contributed by atoms with van der Waals surface area (Å²) in [6, 6.07) is 8.22. The normalized spacial score (nSPS) is 11.6. The zero-order chi connectivity index (χ0) is 19.2. The number of hydrogen-bond acceptors (Lipinski definition) is 4. The van der Waals surface area contributed by atoms with E-state index in [1.165, 1.54) is 12.1 Å². The van der Waals surface area contributed by atoms with Crippen molar-refractivity contribution < 1.29 is 22.6 Å². The van der Waals surface area contributed by atoms with E-state index < -0.39 is 11.7 Å². The van der Waals surface area contributed by atoms with Gasteiger partial charge in [-0.15, -0.1) is 0 Å². The maximum Gasteiger partial charge on any atom is 0.416 e. The lowest BCUT2D eigenvalue weighted by Gasteiger charge is -2.13. The molecule has 0 aliphatic carbocycles. The van der Waals surface area contributed by atoms with E-state index in [2.05, 4.69) is 26.5 Å². The summed E-state index contributed by atoms with van der Waals surface area (Å²) in [7, 11) is 0. The Bertz CT molecular complexity index is 762. The monoisotopic (exact) mass is 430 g/mol. The lowest BCUT2D eigenvalue weighted by atomic mass is 10.2. The second kappa shape index (κ2) is 8.93. The van der Waals surface area contributed by atoms with Gasteiger partial charge in [-0.3, -0.25) is 5.43 Å². The van der Waals surface area contributed by atoms with E-state index in [0.29, 0.717) is 30.4 Å². The van der Waals surface area contributed by atoms with Crippen molar-refractivity contribution in [3.05, 3.63) is 52.0 Å². The molecule has 0 saturated heterocycles. The van der Waals surface area contributed by atoms with Gasteiger partial charge in [0.1, 0.15) is 0 Å². The van der Waals surface area contributed by atoms with Crippen LogP contribution in [0.5, 0.6) is 11.5 Å². The Hall–Kier alpha value is -2.22. The Labute approximate surface area is 158 Å². The van der Waals surface area contributed by atoms with Crippen LogP contribution in [0, 0.1) is 0 Å². The van der Waals surface area contributed by atoms with Gasteiger partial charge in [0.2, 0.25) is 0 Å². The molecule has 0 spiro atoms. The van der Waals surface area contributed by atoms with E-state index in [1.54, 1.807) is 12.3 Å². The fourth-order valence-electron chi connectivity index (χ4n) is 2.12. The maximum atomic E-state index is 12.5. The number of ether oxygens (including phenoxy) is 2. The SMILES string of the molecule is CCOc1cc(C=NNc2ccc(C(F)(F)F)cc2)cc(Br)c1OCC. The molecule has 2 aromatic carbocycles. The topological polar surface area (TPSA) is 42.8 Å². The van der Waals surface area contributed by atoms with Crippen LogP contribution >= 0.6 is 15.9 Å². The summed E-state index contributed by atoms with van der Waals surface area (Å²) >= 11 is 3.44. The van der Waals surface area contributed by atoms with Crippen LogP contribution in [0.4, 0.5) is 18.9 Å². The number of nitrogens with one attached hydrogen (secondary N) is 1. The molecule has 0 fully saturated rings. The fourth-order valence-corrected chi connectivity index (χ4v) is 2.70. The summed E-state index contributed by atoms with van der Waals surface area (Å²) in [5, 5.41) is 4.05. The molecule has 0 aliphatic rings. The standard InChI is InChI=1S/C18H18BrF3N2O2/c1-3-25-16-10-12(9-15(19)17(16)26-4-2)11-23-24-14-7-5-13(6-8-14)18(20,21)22/h5-11,24H,3-4H2,1-2H3. The third-order valence-electron chi connectivity index (χ3n) is 3.24. The van der Waals surface area contributed by atoms with Crippen molar-refractivity contribution in [1.82, 2.24) is 0 Å². The van der Waals surface area contributed by atoms with Crippen LogP contribution in [-0.4, -0.2) is 19.4 Å². The average molecular weight is 431 g/mol. The molecule has 1 N–H and O–H groups in total. The van der Waals surface area contributed by atoms with Crippen LogP contribution < -0.4 is 14.9 Å². The van der Waals surface area contributed by atoms with E-state index in [4.69, 9.17) is 9.47 Å². The molecule has 26 heavy (non-hydrogen) atoms. The molecule has 0 aromatic heterocycles. The fraction of sp³-hybridized carbons (Fsp3) is 0.278. The van der Waals surface area contributed by atoms with Crippen LogP contribution in [0.15, 0.2) is 46.0 Å². The first kappa shape index (κ1) is 20.1. The average Bonchev–Trinajstić information content (AvgIpc) is 2.58. The Kier molecular flexibility index (Phi) is 6.90. The highest BCUT2D eigenvalue weighted by molar-refractivity contribution is 9.10. The van der Waals surface area contributed by atoms with Crippen LogP contribution in [0.3, 0.4) is 0 Å². The van der Waals surface area contributed by atoms with Crippen LogP contribution in [-0.2, 0) is 6.18 Å². The molecule has 0 bridgehead atoms. The van der Waals surface area contributed by atoms with Crippen molar-refractivity contribution in [2.24, 2.45) is 5.10 Å². The van der Waals surface area contributed by atoms with Crippen molar-refractivity contribution in [2.75, 3.05) is 18.6 Å². The van der Waals surface area contributed by atoms with Gasteiger partial charge in [-0.2, -0.15) is 18.3 Å². The molecule has 140 valence electrons. The third kappa shape index (κ3) is 5.39. The molecule has 0 radical (unpaired) electrons. The maximum absolute atomic E-state index is 12.5. The molecule has 2 aromatic rings. The Morgan fingerprint density at radius 3 is 2.31 bits per heavy atom. The predicted molar refractivity (Wildman–Crippen MR) is 99.1 cm³/mol. The van der Waals surface area contributed by atoms with E-state index >= 15 is 0 Å². The Morgan fingerprint density at radius 1 is 1.08 bits per heavy atom. The lowest BCUT2D eigenvalue weighted by molar-refractivity contribution is -0.137. The molecular formula is C18H18BrF3N2O2. The van der Waals surface area contributed by atoms with E-state index in [1.807, 2.05) is 19.9 Å². The summed E-state index contributed by atoms with van der Waals surface area (Å²) in [6.07, 6.45) is -2.81. The van der Waals surface area contributed by atoms with E-state index in [-0.39, 0.29) is 0 Å². The van der Waals surface area contributed by atoms with Crippen LogP contribution in [0.2, 0.25) is 0 Å². The van der Waals surface area contributed by atoms with Crippen molar-refractivity contribution >= 4 is 27.8 Å². The minimum atomic E-state index is -4.36. The molecule has 0 amide bonds. The summed E-state index contributed by atoms with van der Waals surface area (Å²) in [6.45, 7) is 4.74. The predicted octanol–water partition coefficient (Wildman–Crippen LogP) is 5.71. The molecule has 0 aliphatic heterocycles. The van der Waals surface area contributed by atoms with Crippen molar-refractivity contribution in [2.45, 2.75) is 20.0 Å². The van der Waals surface area contributed by atoms with Gasteiger partial charge in [-0.25, -0.2) is 0 Å². The number of hydrogen-bond donors (Lipinski definition) is 1. The van der Waals surface area contributed by atoms with Crippen molar-refractivity contribution in [3.63, 3.8) is 0 Å². The highest BCUT2D eigenvalue weighted by Crippen LogP contribution is 2.36. The van der Waals surface area contributed by atoms with E-state index in [0.717, 1.165) is 22.2 Å². The van der Waals surface area contributed by atoms with Gasteiger partial charge in [-0.1, -0.05) is 0 Å². The summed E-state index contributed by atoms with van der Waals surface area (Å²) < 4.78 is 49.5. The molecule has 0 heterocycles. The molecule has 0 atom stereocenters. The number of rotatable bonds is 7. The van der Waals surface area contributed by atoms with E-state index in [9.17, 15) is 13.2 Å².